The Bertz CT molecular complexity index is 478. The molecule has 1 aromatic rings. The molecule has 2 amide bonds. The van der Waals surface area contributed by atoms with Crippen LogP contribution in [0.2, 0.25) is 0 Å². The number of benzene rings is 1. The van der Waals surface area contributed by atoms with E-state index in [1.165, 1.54) is 5.56 Å². The van der Waals surface area contributed by atoms with Crippen molar-refractivity contribution in [1.29, 1.82) is 0 Å². The van der Waals surface area contributed by atoms with Gasteiger partial charge in [-0.05, 0) is 43.4 Å². The van der Waals surface area contributed by atoms with E-state index in [4.69, 9.17) is 5.11 Å². The van der Waals surface area contributed by atoms with Crippen molar-refractivity contribution in [2.75, 3.05) is 5.32 Å². The van der Waals surface area contributed by atoms with Gasteiger partial charge in [0.25, 0.3) is 0 Å². The third kappa shape index (κ3) is 2.86. The Morgan fingerprint density at radius 3 is 2.32 bits per heavy atom. The Balaban J connectivity index is 1.95. The second-order valence-electron chi connectivity index (χ2n) is 4.87. The summed E-state index contributed by atoms with van der Waals surface area (Å²) < 4.78 is 0. The Labute approximate surface area is 112 Å². The maximum Gasteiger partial charge on any atom is 0.329 e. The molecule has 1 fully saturated rings. The summed E-state index contributed by atoms with van der Waals surface area (Å²) in [6.45, 7) is 2.06. The molecule has 0 unspecified atom stereocenters. The molecular formula is C14H18N2O3. The molecule has 1 saturated carbocycles. The fourth-order valence-electron chi connectivity index (χ4n) is 2.13. The van der Waals surface area contributed by atoms with Crippen LogP contribution >= 0.6 is 0 Å². The fourth-order valence-corrected chi connectivity index (χ4v) is 2.13. The van der Waals surface area contributed by atoms with Crippen LogP contribution in [0.4, 0.5) is 10.5 Å². The highest BCUT2D eigenvalue weighted by Crippen LogP contribution is 2.32. The third-order valence-electron chi connectivity index (χ3n) is 3.59. The van der Waals surface area contributed by atoms with Gasteiger partial charge in [-0.3, -0.25) is 0 Å². The summed E-state index contributed by atoms with van der Waals surface area (Å²) in [7, 11) is 0. The van der Waals surface area contributed by atoms with Crippen molar-refractivity contribution in [1.82, 2.24) is 5.32 Å². The summed E-state index contributed by atoms with van der Waals surface area (Å²) in [6, 6.07) is 7.03. The Hall–Kier alpha value is -2.04. The zero-order valence-corrected chi connectivity index (χ0v) is 10.9. The molecule has 0 aromatic heterocycles. The van der Waals surface area contributed by atoms with Gasteiger partial charge in [-0.2, -0.15) is 0 Å². The summed E-state index contributed by atoms with van der Waals surface area (Å²) in [4.78, 5) is 22.9. The first-order valence-corrected chi connectivity index (χ1v) is 6.47. The molecule has 2 rings (SSSR count). The van der Waals surface area contributed by atoms with Crippen LogP contribution in [0, 0.1) is 0 Å². The quantitative estimate of drug-likeness (QED) is 0.779. The molecule has 0 aliphatic heterocycles. The molecule has 19 heavy (non-hydrogen) atoms. The number of hydrogen-bond acceptors (Lipinski definition) is 2. The van der Waals surface area contributed by atoms with Gasteiger partial charge in [0.1, 0.15) is 5.54 Å². The normalized spacial score (nSPS) is 16.3. The molecule has 3 N–H and O–H groups in total. The zero-order chi connectivity index (χ0) is 13.9. The molecular weight excluding hydrogens is 244 g/mol. The topological polar surface area (TPSA) is 78.4 Å². The molecule has 0 heterocycles. The van der Waals surface area contributed by atoms with Gasteiger partial charge in [0, 0.05) is 5.69 Å². The molecule has 1 aromatic carbocycles. The number of carbonyl (C=O) groups excluding carboxylic acids is 1. The lowest BCUT2D eigenvalue weighted by molar-refractivity contribution is -0.148. The fraction of sp³-hybridized carbons (Fsp3) is 0.429. The first kappa shape index (κ1) is 13.4. The van der Waals surface area contributed by atoms with Crippen LogP contribution in [0.5, 0.6) is 0 Å². The van der Waals surface area contributed by atoms with Gasteiger partial charge < -0.3 is 15.7 Å². The highest BCUT2D eigenvalue weighted by molar-refractivity contribution is 5.94. The number of urea groups is 1. The largest absolute Gasteiger partial charge is 0.480 e. The summed E-state index contributed by atoms with van der Waals surface area (Å²) in [5, 5.41) is 14.3. The summed E-state index contributed by atoms with van der Waals surface area (Å²) in [6.07, 6.45) is 2.75. The van der Waals surface area contributed by atoms with E-state index < -0.39 is 17.5 Å². The highest BCUT2D eigenvalue weighted by atomic mass is 16.4. The molecule has 5 nitrogen and oxygen atoms in total. The van der Waals surface area contributed by atoms with Crippen LogP contribution in [0.3, 0.4) is 0 Å². The van der Waals surface area contributed by atoms with Gasteiger partial charge in [0.05, 0.1) is 0 Å². The van der Waals surface area contributed by atoms with Gasteiger partial charge in [-0.25, -0.2) is 9.59 Å². The number of anilines is 1. The Morgan fingerprint density at radius 1 is 1.26 bits per heavy atom. The van der Waals surface area contributed by atoms with Crippen LogP contribution in [-0.4, -0.2) is 22.6 Å². The van der Waals surface area contributed by atoms with Crippen molar-refractivity contribution in [3.63, 3.8) is 0 Å². The monoisotopic (exact) mass is 262 g/mol. The van der Waals surface area contributed by atoms with Crippen LogP contribution in [0.25, 0.3) is 0 Å². The van der Waals surface area contributed by atoms with Crippen molar-refractivity contribution >= 4 is 17.7 Å². The van der Waals surface area contributed by atoms with E-state index in [-0.39, 0.29) is 0 Å². The second kappa shape index (κ2) is 5.30. The molecule has 0 radical (unpaired) electrons. The van der Waals surface area contributed by atoms with Crippen molar-refractivity contribution in [2.45, 2.75) is 38.1 Å². The third-order valence-corrected chi connectivity index (χ3v) is 3.59. The molecule has 0 atom stereocenters. The maximum atomic E-state index is 11.8. The molecule has 0 bridgehead atoms. The van der Waals surface area contributed by atoms with Crippen molar-refractivity contribution in [3.8, 4) is 0 Å². The van der Waals surface area contributed by atoms with Gasteiger partial charge in [-0.15, -0.1) is 0 Å². The van der Waals surface area contributed by atoms with Gasteiger partial charge >= 0.3 is 12.0 Å². The molecule has 0 spiro atoms. The van der Waals surface area contributed by atoms with Crippen LogP contribution in [0.15, 0.2) is 24.3 Å². The van der Waals surface area contributed by atoms with Gasteiger partial charge in [-0.1, -0.05) is 19.1 Å². The van der Waals surface area contributed by atoms with Crippen LogP contribution in [0.1, 0.15) is 31.7 Å². The highest BCUT2D eigenvalue weighted by Gasteiger charge is 2.45. The van der Waals surface area contributed by atoms with E-state index >= 15 is 0 Å². The predicted octanol–water partition coefficient (Wildman–Crippen LogP) is 2.38. The minimum Gasteiger partial charge on any atom is -0.480 e. The lowest BCUT2D eigenvalue weighted by atomic mass is 9.77. The molecule has 1 aliphatic carbocycles. The number of rotatable bonds is 4. The van der Waals surface area contributed by atoms with Gasteiger partial charge in [0.15, 0.2) is 0 Å². The second-order valence-corrected chi connectivity index (χ2v) is 4.87. The minimum atomic E-state index is -1.08. The molecule has 102 valence electrons. The first-order valence-electron chi connectivity index (χ1n) is 6.47. The molecule has 1 aliphatic rings. The predicted molar refractivity (Wildman–Crippen MR) is 72.2 cm³/mol. The number of carboxylic acids is 1. The maximum absolute atomic E-state index is 11.8. The van der Waals surface area contributed by atoms with Crippen molar-refractivity contribution in [3.05, 3.63) is 29.8 Å². The number of amides is 2. The van der Waals surface area contributed by atoms with E-state index in [0.29, 0.717) is 18.5 Å². The summed E-state index contributed by atoms with van der Waals surface area (Å²) in [5.41, 5.74) is 0.773. The van der Waals surface area contributed by atoms with Crippen molar-refractivity contribution in [2.24, 2.45) is 0 Å². The minimum absolute atomic E-state index is 0.466. The average Bonchev–Trinajstić information content (AvgIpc) is 2.34. The average molecular weight is 262 g/mol. The van der Waals surface area contributed by atoms with Crippen molar-refractivity contribution < 1.29 is 14.7 Å². The number of aryl methyl sites for hydroxylation is 1. The summed E-state index contributed by atoms with van der Waals surface area (Å²) in [5.74, 6) is -0.963. The number of hydrogen-bond donors (Lipinski definition) is 3. The van der Waals surface area contributed by atoms with E-state index in [0.717, 1.165) is 12.8 Å². The number of carboxylic acid groups (broad SMARTS) is 1. The Morgan fingerprint density at radius 2 is 1.89 bits per heavy atom. The van der Waals surface area contributed by atoms with Crippen LogP contribution in [-0.2, 0) is 11.2 Å². The van der Waals surface area contributed by atoms with E-state index in [2.05, 4.69) is 17.6 Å². The van der Waals surface area contributed by atoms with Gasteiger partial charge in [0.2, 0.25) is 0 Å². The summed E-state index contributed by atoms with van der Waals surface area (Å²) >= 11 is 0. The van der Waals surface area contributed by atoms with E-state index in [1.54, 1.807) is 0 Å². The SMILES string of the molecule is CCc1ccc(NC(=O)NC2(C(=O)O)CCC2)cc1. The number of carbonyl (C=O) groups is 2. The van der Waals surface area contributed by atoms with E-state index in [9.17, 15) is 9.59 Å². The lowest BCUT2D eigenvalue weighted by Gasteiger charge is -2.38. The van der Waals surface area contributed by atoms with E-state index in [1.807, 2.05) is 24.3 Å². The van der Waals surface area contributed by atoms with Crippen LogP contribution < -0.4 is 10.6 Å². The Kier molecular flexibility index (Phi) is 3.74. The zero-order valence-electron chi connectivity index (χ0n) is 10.9. The first-order chi connectivity index (χ1) is 9.05. The standard InChI is InChI=1S/C14H18N2O3/c1-2-10-4-6-11(7-5-10)15-13(19)16-14(12(17)18)8-3-9-14/h4-7H,2-3,8-9H2,1H3,(H,17,18)(H2,15,16,19). The lowest BCUT2D eigenvalue weighted by Crippen LogP contribution is -2.60. The number of nitrogens with one attached hydrogen (secondary N) is 2. The smallest absolute Gasteiger partial charge is 0.329 e. The number of aliphatic carboxylic acids is 1. The molecule has 0 saturated heterocycles. The molecule has 5 heteroatoms.